The molecule has 0 radical (unpaired) electrons. The third-order valence-electron chi connectivity index (χ3n) is 2.73. The Morgan fingerprint density at radius 3 is 2.52 bits per heavy atom. The lowest BCUT2D eigenvalue weighted by molar-refractivity contribution is -0.123. The lowest BCUT2D eigenvalue weighted by atomic mass is 10.2. The largest absolute Gasteiger partial charge is 0.482 e. The van der Waals surface area contributed by atoms with E-state index in [2.05, 4.69) is 10.5 Å². The van der Waals surface area contributed by atoms with Crippen LogP contribution in [0.1, 0.15) is 5.56 Å². The minimum atomic E-state index is -0.382. The first kappa shape index (κ1) is 17.1. The number of rotatable bonds is 6. The Labute approximate surface area is 144 Å². The number of nitrogens with zero attached hydrogens (tertiary/aromatic N) is 1. The van der Waals surface area contributed by atoms with Gasteiger partial charge in [0.1, 0.15) is 5.75 Å². The fraction of sp³-hybridized carbons (Fsp3) is 0.0588. The molecule has 1 N–H and O–H groups in total. The van der Waals surface area contributed by atoms with E-state index in [1.807, 2.05) is 18.2 Å². The quantitative estimate of drug-likeness (QED) is 0.628. The Morgan fingerprint density at radius 1 is 1.09 bits per heavy atom. The van der Waals surface area contributed by atoms with Gasteiger partial charge in [0, 0.05) is 11.2 Å². The third kappa shape index (κ3) is 5.77. The average molecular weight is 349 g/mol. The van der Waals surface area contributed by atoms with Gasteiger partial charge in [0.2, 0.25) is 0 Å². The molecule has 0 atom stereocenters. The highest BCUT2D eigenvalue weighted by Gasteiger charge is 2.03. The van der Waals surface area contributed by atoms with Gasteiger partial charge < -0.3 is 4.74 Å². The highest BCUT2D eigenvalue weighted by Crippen LogP contribution is 2.22. The van der Waals surface area contributed by atoms with E-state index in [0.717, 1.165) is 5.56 Å². The third-order valence-corrected chi connectivity index (χ3v) is 3.38. The highest BCUT2D eigenvalue weighted by atomic mass is 35.5. The summed E-state index contributed by atoms with van der Waals surface area (Å²) in [5.74, 6) is 0.0687. The molecule has 0 aliphatic carbocycles. The van der Waals surface area contributed by atoms with Crippen molar-refractivity contribution in [1.29, 1.82) is 0 Å². The summed E-state index contributed by atoms with van der Waals surface area (Å²) < 4.78 is 5.29. The molecule has 6 heteroatoms. The van der Waals surface area contributed by atoms with Crippen LogP contribution in [0.5, 0.6) is 5.75 Å². The summed E-state index contributed by atoms with van der Waals surface area (Å²) in [5, 5.41) is 4.88. The van der Waals surface area contributed by atoms with Gasteiger partial charge in [0.25, 0.3) is 5.91 Å². The van der Waals surface area contributed by atoms with Crippen LogP contribution in [0, 0.1) is 0 Å². The Kier molecular flexibility index (Phi) is 6.66. The van der Waals surface area contributed by atoms with Crippen molar-refractivity contribution < 1.29 is 9.53 Å². The van der Waals surface area contributed by atoms with Crippen molar-refractivity contribution in [2.45, 2.75) is 0 Å². The predicted molar refractivity (Wildman–Crippen MR) is 94.1 cm³/mol. The number of nitrogens with one attached hydrogen (secondary N) is 1. The van der Waals surface area contributed by atoms with Crippen LogP contribution in [-0.4, -0.2) is 18.7 Å². The summed E-state index contributed by atoms with van der Waals surface area (Å²) in [7, 11) is 0. The molecule has 2 rings (SSSR count). The topological polar surface area (TPSA) is 50.7 Å². The number of halogens is 2. The predicted octanol–water partition coefficient (Wildman–Crippen LogP) is 4.19. The SMILES string of the molecule is O=C(COc1ccccc1Cl)N/N=C/C=C/c1ccccc1Cl. The number of amides is 1. The van der Waals surface area contributed by atoms with Crippen molar-refractivity contribution in [1.82, 2.24) is 5.43 Å². The van der Waals surface area contributed by atoms with Crippen LogP contribution in [0.25, 0.3) is 6.08 Å². The molecule has 0 aliphatic rings. The van der Waals surface area contributed by atoms with Crippen molar-refractivity contribution >= 4 is 41.4 Å². The van der Waals surface area contributed by atoms with Crippen molar-refractivity contribution in [2.75, 3.05) is 6.61 Å². The number of hydrogen-bond donors (Lipinski definition) is 1. The molecule has 2 aromatic carbocycles. The van der Waals surface area contributed by atoms with Crippen LogP contribution in [0.2, 0.25) is 10.0 Å². The van der Waals surface area contributed by atoms with E-state index in [9.17, 15) is 4.79 Å². The summed E-state index contributed by atoms with van der Waals surface area (Å²) in [6.07, 6.45) is 4.92. The summed E-state index contributed by atoms with van der Waals surface area (Å²) in [6.45, 7) is -0.171. The maximum atomic E-state index is 11.6. The molecule has 0 aromatic heterocycles. The molecule has 23 heavy (non-hydrogen) atoms. The average Bonchev–Trinajstić information content (AvgIpc) is 2.55. The molecule has 0 saturated carbocycles. The van der Waals surface area contributed by atoms with Gasteiger partial charge in [0.05, 0.1) is 5.02 Å². The second-order valence-electron chi connectivity index (χ2n) is 4.41. The number of allylic oxidation sites excluding steroid dienone is 1. The Morgan fingerprint density at radius 2 is 1.78 bits per heavy atom. The smallest absolute Gasteiger partial charge is 0.277 e. The van der Waals surface area contributed by atoms with Gasteiger partial charge in [-0.15, -0.1) is 0 Å². The molecule has 0 unspecified atom stereocenters. The van der Waals surface area contributed by atoms with E-state index in [0.29, 0.717) is 15.8 Å². The number of carbonyl (C=O) groups is 1. The number of hydrogen-bond acceptors (Lipinski definition) is 3. The van der Waals surface area contributed by atoms with Crippen LogP contribution in [-0.2, 0) is 4.79 Å². The van der Waals surface area contributed by atoms with Gasteiger partial charge in [-0.05, 0) is 29.8 Å². The van der Waals surface area contributed by atoms with Crippen LogP contribution in [0.4, 0.5) is 0 Å². The van der Waals surface area contributed by atoms with E-state index in [4.69, 9.17) is 27.9 Å². The van der Waals surface area contributed by atoms with Crippen molar-refractivity contribution in [3.05, 3.63) is 70.2 Å². The minimum Gasteiger partial charge on any atom is -0.482 e. The van der Waals surface area contributed by atoms with E-state index in [1.54, 1.807) is 42.5 Å². The monoisotopic (exact) mass is 348 g/mol. The number of benzene rings is 2. The summed E-state index contributed by atoms with van der Waals surface area (Å²) in [6, 6.07) is 14.3. The van der Waals surface area contributed by atoms with Crippen LogP contribution < -0.4 is 10.2 Å². The molecule has 118 valence electrons. The van der Waals surface area contributed by atoms with Crippen LogP contribution in [0.15, 0.2) is 59.7 Å². The summed E-state index contributed by atoms with van der Waals surface area (Å²) in [4.78, 5) is 11.6. The number of hydrazone groups is 1. The molecule has 0 spiro atoms. The first-order valence-corrected chi connectivity index (χ1v) is 7.53. The maximum absolute atomic E-state index is 11.6. The van der Waals surface area contributed by atoms with Gasteiger partial charge >= 0.3 is 0 Å². The van der Waals surface area contributed by atoms with Crippen LogP contribution in [0.3, 0.4) is 0 Å². The summed E-state index contributed by atoms with van der Waals surface area (Å²) >= 11 is 11.9. The number of carbonyl (C=O) groups excluding carboxylic acids is 1. The zero-order chi connectivity index (χ0) is 16.5. The fourth-order valence-corrected chi connectivity index (χ4v) is 2.04. The number of ether oxygens (including phenoxy) is 1. The maximum Gasteiger partial charge on any atom is 0.277 e. The van der Waals surface area contributed by atoms with Gasteiger partial charge in [-0.3, -0.25) is 4.79 Å². The van der Waals surface area contributed by atoms with Crippen molar-refractivity contribution in [3.63, 3.8) is 0 Å². The minimum absolute atomic E-state index is 0.171. The lowest BCUT2D eigenvalue weighted by Gasteiger charge is -2.05. The Hall–Kier alpha value is -2.30. The second-order valence-corrected chi connectivity index (χ2v) is 5.23. The molecular formula is C17H14Cl2N2O2. The zero-order valence-corrected chi connectivity index (χ0v) is 13.6. The van der Waals surface area contributed by atoms with E-state index in [1.165, 1.54) is 6.21 Å². The molecule has 1 amide bonds. The highest BCUT2D eigenvalue weighted by molar-refractivity contribution is 6.32. The molecule has 0 heterocycles. The first-order valence-electron chi connectivity index (χ1n) is 6.77. The van der Waals surface area contributed by atoms with Gasteiger partial charge in [-0.2, -0.15) is 5.10 Å². The molecule has 0 bridgehead atoms. The second kappa shape index (κ2) is 8.98. The van der Waals surface area contributed by atoms with Gasteiger partial charge in [0.15, 0.2) is 6.61 Å². The molecular weight excluding hydrogens is 335 g/mol. The van der Waals surface area contributed by atoms with E-state index < -0.39 is 0 Å². The van der Waals surface area contributed by atoms with Gasteiger partial charge in [-0.1, -0.05) is 59.6 Å². The van der Waals surface area contributed by atoms with E-state index >= 15 is 0 Å². The molecule has 4 nitrogen and oxygen atoms in total. The van der Waals surface area contributed by atoms with Gasteiger partial charge in [-0.25, -0.2) is 5.43 Å². The summed E-state index contributed by atoms with van der Waals surface area (Å²) in [5.41, 5.74) is 3.22. The lowest BCUT2D eigenvalue weighted by Crippen LogP contribution is -2.24. The van der Waals surface area contributed by atoms with Crippen molar-refractivity contribution in [3.8, 4) is 5.75 Å². The Balaban J connectivity index is 1.76. The number of para-hydroxylation sites is 1. The fourth-order valence-electron chi connectivity index (χ4n) is 1.65. The molecule has 0 fully saturated rings. The van der Waals surface area contributed by atoms with E-state index in [-0.39, 0.29) is 12.5 Å². The van der Waals surface area contributed by atoms with Crippen molar-refractivity contribution in [2.24, 2.45) is 5.10 Å². The normalized spacial score (nSPS) is 11.0. The first-order chi connectivity index (χ1) is 11.2. The standard InChI is InChI=1S/C17H14Cl2N2O2/c18-14-8-2-1-6-13(14)7-5-11-20-21-17(22)12-23-16-10-4-3-9-15(16)19/h1-11H,12H2,(H,21,22)/b7-5+,20-11+. The molecule has 0 saturated heterocycles. The Bertz CT molecular complexity index is 730. The molecule has 2 aromatic rings. The van der Waals surface area contributed by atoms with Crippen LogP contribution >= 0.6 is 23.2 Å². The zero-order valence-electron chi connectivity index (χ0n) is 12.1. The molecule has 0 aliphatic heterocycles.